The fourth-order valence-electron chi connectivity index (χ4n) is 1.98. The van der Waals surface area contributed by atoms with Crippen molar-refractivity contribution in [3.8, 4) is 5.75 Å². The molecule has 1 N–H and O–H groups in total. The summed E-state index contributed by atoms with van der Waals surface area (Å²) in [6.07, 6.45) is 0.536. The number of benzene rings is 1. The summed E-state index contributed by atoms with van der Waals surface area (Å²) >= 11 is 0. The molecule has 0 bridgehead atoms. The van der Waals surface area contributed by atoms with Crippen LogP contribution in [-0.2, 0) is 22.6 Å². The van der Waals surface area contributed by atoms with Crippen LogP contribution in [0.15, 0.2) is 12.1 Å². The van der Waals surface area contributed by atoms with Crippen LogP contribution in [-0.4, -0.2) is 17.9 Å². The van der Waals surface area contributed by atoms with E-state index in [9.17, 15) is 4.79 Å². The number of carbonyl (C=O) groups is 1. The van der Waals surface area contributed by atoms with Crippen LogP contribution < -0.4 is 4.74 Å². The van der Waals surface area contributed by atoms with Crippen LogP contribution in [0.2, 0.25) is 0 Å². The lowest BCUT2D eigenvalue weighted by molar-refractivity contribution is -0.141. The molecule has 1 atom stereocenters. The van der Waals surface area contributed by atoms with Crippen LogP contribution in [0.1, 0.15) is 23.6 Å². The summed E-state index contributed by atoms with van der Waals surface area (Å²) in [6.45, 7) is 4.53. The van der Waals surface area contributed by atoms with Crippen molar-refractivity contribution >= 4 is 5.97 Å². The zero-order chi connectivity index (χ0) is 12.4. The Morgan fingerprint density at radius 2 is 2.29 bits per heavy atom. The summed E-state index contributed by atoms with van der Waals surface area (Å²) in [5.41, 5.74) is 3.16. The van der Waals surface area contributed by atoms with Gasteiger partial charge in [0.15, 0.2) is 6.79 Å². The van der Waals surface area contributed by atoms with E-state index in [1.165, 1.54) is 0 Å². The van der Waals surface area contributed by atoms with E-state index in [1.807, 2.05) is 19.1 Å². The number of fused-ring (bicyclic) bond motifs is 1. The van der Waals surface area contributed by atoms with Gasteiger partial charge in [-0.2, -0.15) is 0 Å². The molecule has 4 heteroatoms. The monoisotopic (exact) mass is 236 g/mol. The van der Waals surface area contributed by atoms with Crippen molar-refractivity contribution in [2.75, 3.05) is 6.79 Å². The molecule has 17 heavy (non-hydrogen) atoms. The molecule has 0 spiro atoms. The molecule has 2 rings (SSSR count). The van der Waals surface area contributed by atoms with Crippen LogP contribution in [0, 0.1) is 12.8 Å². The Labute approximate surface area is 100 Å². The van der Waals surface area contributed by atoms with E-state index in [0.29, 0.717) is 13.0 Å². The summed E-state index contributed by atoms with van der Waals surface area (Å²) in [5, 5.41) is 8.92. The van der Waals surface area contributed by atoms with Gasteiger partial charge in [0, 0.05) is 5.56 Å². The highest BCUT2D eigenvalue weighted by atomic mass is 16.7. The quantitative estimate of drug-likeness (QED) is 0.873. The van der Waals surface area contributed by atoms with Gasteiger partial charge in [-0.25, -0.2) is 0 Å². The van der Waals surface area contributed by atoms with Gasteiger partial charge in [0.1, 0.15) is 5.75 Å². The maximum Gasteiger partial charge on any atom is 0.306 e. The van der Waals surface area contributed by atoms with Crippen LogP contribution in [0.25, 0.3) is 0 Å². The van der Waals surface area contributed by atoms with Crippen molar-refractivity contribution < 1.29 is 19.4 Å². The van der Waals surface area contributed by atoms with Crippen LogP contribution in [0.4, 0.5) is 0 Å². The number of carboxylic acid groups (broad SMARTS) is 1. The molecule has 1 aliphatic rings. The fourth-order valence-corrected chi connectivity index (χ4v) is 1.98. The lowest BCUT2D eigenvalue weighted by Gasteiger charge is -2.21. The largest absolute Gasteiger partial charge is 0.481 e. The second-order valence-electron chi connectivity index (χ2n) is 4.38. The lowest BCUT2D eigenvalue weighted by atomic mass is 9.94. The molecule has 1 aromatic rings. The minimum absolute atomic E-state index is 0.289. The molecule has 1 aromatic carbocycles. The van der Waals surface area contributed by atoms with Gasteiger partial charge in [0.05, 0.1) is 12.5 Å². The van der Waals surface area contributed by atoms with Gasteiger partial charge in [-0.05, 0) is 30.5 Å². The summed E-state index contributed by atoms with van der Waals surface area (Å²) in [6, 6.07) is 3.84. The van der Waals surface area contributed by atoms with Gasteiger partial charge in [0.2, 0.25) is 0 Å². The average molecular weight is 236 g/mol. The summed E-state index contributed by atoms with van der Waals surface area (Å²) < 4.78 is 10.6. The Balaban J connectivity index is 2.27. The van der Waals surface area contributed by atoms with Crippen LogP contribution in [0.3, 0.4) is 0 Å². The second-order valence-corrected chi connectivity index (χ2v) is 4.38. The Bertz CT molecular complexity index is 439. The molecule has 0 amide bonds. The smallest absolute Gasteiger partial charge is 0.306 e. The topological polar surface area (TPSA) is 55.8 Å². The summed E-state index contributed by atoms with van der Waals surface area (Å²) in [7, 11) is 0. The first kappa shape index (κ1) is 11.9. The zero-order valence-corrected chi connectivity index (χ0v) is 10.0. The van der Waals surface area contributed by atoms with Crippen molar-refractivity contribution in [3.63, 3.8) is 0 Å². The molecule has 92 valence electrons. The first-order valence-corrected chi connectivity index (χ1v) is 5.64. The van der Waals surface area contributed by atoms with E-state index in [-0.39, 0.29) is 12.7 Å². The third-order valence-corrected chi connectivity index (χ3v) is 3.16. The van der Waals surface area contributed by atoms with Crippen molar-refractivity contribution in [2.45, 2.75) is 26.9 Å². The molecule has 0 saturated carbocycles. The summed E-state index contributed by atoms with van der Waals surface area (Å²) in [4.78, 5) is 10.9. The normalized spacial score (nSPS) is 15.9. The van der Waals surface area contributed by atoms with Crippen molar-refractivity contribution in [1.29, 1.82) is 0 Å². The third-order valence-electron chi connectivity index (χ3n) is 3.16. The zero-order valence-electron chi connectivity index (χ0n) is 10.0. The molecule has 0 radical (unpaired) electrons. The van der Waals surface area contributed by atoms with E-state index in [4.69, 9.17) is 14.6 Å². The molecule has 1 heterocycles. The molecule has 4 nitrogen and oxygen atoms in total. The molecule has 0 saturated heterocycles. The molecule has 0 fully saturated rings. The first-order valence-electron chi connectivity index (χ1n) is 5.64. The highest BCUT2D eigenvalue weighted by Gasteiger charge is 2.18. The number of aliphatic carboxylic acids is 1. The van der Waals surface area contributed by atoms with Crippen molar-refractivity contribution in [3.05, 3.63) is 28.8 Å². The Morgan fingerprint density at radius 3 is 3.00 bits per heavy atom. The highest BCUT2D eigenvalue weighted by molar-refractivity contribution is 5.70. The Kier molecular flexibility index (Phi) is 3.33. The predicted molar refractivity (Wildman–Crippen MR) is 62.0 cm³/mol. The number of carboxylic acids is 1. The molecular formula is C13H16O4. The van der Waals surface area contributed by atoms with Gasteiger partial charge in [-0.15, -0.1) is 0 Å². The predicted octanol–water partition coefficient (Wildman–Crippen LogP) is 2.12. The average Bonchev–Trinajstić information content (AvgIpc) is 2.33. The van der Waals surface area contributed by atoms with Gasteiger partial charge in [-0.1, -0.05) is 13.0 Å². The molecule has 0 aromatic heterocycles. The highest BCUT2D eigenvalue weighted by Crippen LogP contribution is 2.29. The summed E-state index contributed by atoms with van der Waals surface area (Å²) in [5.74, 6) is -0.299. The van der Waals surface area contributed by atoms with E-state index < -0.39 is 5.97 Å². The maximum absolute atomic E-state index is 10.9. The SMILES string of the molecule is Cc1c(CC(C)C(=O)O)ccc2c1COCO2. The van der Waals surface area contributed by atoms with Crippen molar-refractivity contribution in [1.82, 2.24) is 0 Å². The van der Waals surface area contributed by atoms with Crippen LogP contribution >= 0.6 is 0 Å². The van der Waals surface area contributed by atoms with E-state index in [2.05, 4.69) is 0 Å². The van der Waals surface area contributed by atoms with Crippen molar-refractivity contribution in [2.24, 2.45) is 5.92 Å². The number of hydrogen-bond acceptors (Lipinski definition) is 3. The minimum Gasteiger partial charge on any atom is -0.481 e. The first-order chi connectivity index (χ1) is 8.09. The fraction of sp³-hybridized carbons (Fsp3) is 0.462. The standard InChI is InChI=1S/C13H16O4/c1-8(13(14)15)5-10-3-4-12-11(9(10)2)6-16-7-17-12/h3-4,8H,5-7H2,1-2H3,(H,14,15). The number of rotatable bonds is 3. The Hall–Kier alpha value is -1.55. The number of ether oxygens (including phenoxy) is 2. The van der Waals surface area contributed by atoms with E-state index in [0.717, 1.165) is 22.4 Å². The van der Waals surface area contributed by atoms with Gasteiger partial charge in [0.25, 0.3) is 0 Å². The minimum atomic E-state index is -0.769. The Morgan fingerprint density at radius 1 is 1.53 bits per heavy atom. The maximum atomic E-state index is 10.9. The molecular weight excluding hydrogens is 220 g/mol. The van der Waals surface area contributed by atoms with Gasteiger partial charge >= 0.3 is 5.97 Å². The molecule has 1 aliphatic heterocycles. The van der Waals surface area contributed by atoms with E-state index in [1.54, 1.807) is 6.92 Å². The molecule has 0 aliphatic carbocycles. The molecule has 1 unspecified atom stereocenters. The number of hydrogen-bond donors (Lipinski definition) is 1. The van der Waals surface area contributed by atoms with Gasteiger partial charge < -0.3 is 14.6 Å². The van der Waals surface area contributed by atoms with Crippen LogP contribution in [0.5, 0.6) is 5.75 Å². The van der Waals surface area contributed by atoms with Gasteiger partial charge in [-0.3, -0.25) is 4.79 Å². The second kappa shape index (κ2) is 4.75. The third kappa shape index (κ3) is 2.42. The van der Waals surface area contributed by atoms with E-state index >= 15 is 0 Å². The lowest BCUT2D eigenvalue weighted by Crippen LogP contribution is -2.16.